The van der Waals surface area contributed by atoms with Crippen molar-refractivity contribution in [3.8, 4) is 10.7 Å². The van der Waals surface area contributed by atoms with Gasteiger partial charge in [0.05, 0.1) is 11.5 Å². The van der Waals surface area contributed by atoms with Crippen LogP contribution in [0.15, 0.2) is 34.7 Å². The average molecular weight is 429 g/mol. The van der Waals surface area contributed by atoms with Gasteiger partial charge in [0.1, 0.15) is 10.0 Å². The summed E-state index contributed by atoms with van der Waals surface area (Å²) in [7, 11) is -3.77. The summed E-state index contributed by atoms with van der Waals surface area (Å²) in [5, 5.41) is 24.7. The van der Waals surface area contributed by atoms with Gasteiger partial charge in [-0.05, 0) is 25.0 Å². The minimum atomic E-state index is -3.77. The first-order valence-electron chi connectivity index (χ1n) is 8.54. The number of hydrogen-bond acceptors (Lipinski definition) is 8. The topological polar surface area (TPSA) is 147 Å². The number of primary sulfonamides is 1. The van der Waals surface area contributed by atoms with Crippen LogP contribution in [0.1, 0.15) is 37.2 Å². The maximum atomic E-state index is 11.5. The Hall–Kier alpha value is -2.60. The third-order valence-electron chi connectivity index (χ3n) is 4.16. The van der Waals surface area contributed by atoms with E-state index in [0.717, 1.165) is 29.9 Å². The maximum Gasteiger partial charge on any atom is 0.247 e. The van der Waals surface area contributed by atoms with E-state index in [2.05, 4.69) is 25.5 Å². The zero-order chi connectivity index (χ0) is 19.7. The van der Waals surface area contributed by atoms with Gasteiger partial charge in [0.15, 0.2) is 11.6 Å². The molecule has 1 aliphatic carbocycles. The number of rotatable bonds is 7. The summed E-state index contributed by atoms with van der Waals surface area (Å²) in [6, 6.07) is 5.00. The number of nitrogens with zero attached hydrogens (tertiary/aromatic N) is 3. The van der Waals surface area contributed by atoms with Gasteiger partial charge >= 0.3 is 0 Å². The van der Waals surface area contributed by atoms with Crippen molar-refractivity contribution in [2.45, 2.75) is 23.0 Å². The van der Waals surface area contributed by atoms with E-state index in [1.807, 2.05) is 6.07 Å². The first kappa shape index (κ1) is 18.7. The van der Waals surface area contributed by atoms with E-state index in [1.54, 1.807) is 24.4 Å². The first-order chi connectivity index (χ1) is 13.4. The van der Waals surface area contributed by atoms with Gasteiger partial charge in [-0.3, -0.25) is 5.10 Å². The summed E-state index contributed by atoms with van der Waals surface area (Å²) in [5.41, 5.74) is 1.75. The fourth-order valence-electron chi connectivity index (χ4n) is 2.63. The number of thiophene rings is 1. The second-order valence-corrected chi connectivity index (χ2v) is 9.23. The minimum Gasteiger partial charge on any atom is -0.392 e. The molecule has 1 aliphatic rings. The van der Waals surface area contributed by atoms with Crippen LogP contribution in [-0.2, 0) is 10.0 Å². The summed E-state index contributed by atoms with van der Waals surface area (Å²) < 4.78 is 23.1. The quantitative estimate of drug-likeness (QED) is 0.450. The summed E-state index contributed by atoms with van der Waals surface area (Å²) in [5.74, 6) is 2.03. The number of aromatic amines is 1. The predicted octanol–water partition coefficient (Wildman–Crippen LogP) is 3.43. The van der Waals surface area contributed by atoms with E-state index in [-0.39, 0.29) is 17.9 Å². The van der Waals surface area contributed by atoms with Gasteiger partial charge in [0.2, 0.25) is 10.0 Å². The highest BCUT2D eigenvalue weighted by molar-refractivity contribution is 7.91. The van der Waals surface area contributed by atoms with Gasteiger partial charge < -0.3 is 10.4 Å². The molecule has 0 aliphatic heterocycles. The van der Waals surface area contributed by atoms with Crippen molar-refractivity contribution in [2.75, 3.05) is 11.9 Å². The van der Waals surface area contributed by atoms with Crippen molar-refractivity contribution in [3.05, 3.63) is 41.7 Å². The molecular formula is C17H28N6O3S2. The van der Waals surface area contributed by atoms with E-state index in [9.17, 15) is 8.42 Å². The van der Waals surface area contributed by atoms with Crippen molar-refractivity contribution in [3.63, 3.8) is 0 Å². The Kier molecular flexibility index (Phi) is 4.98. The van der Waals surface area contributed by atoms with Gasteiger partial charge in [-0.1, -0.05) is 12.2 Å². The number of aliphatic hydroxyl groups excluding tert-OH is 1. The highest BCUT2D eigenvalue weighted by Crippen LogP contribution is 2.39. The molecule has 9 nitrogen and oxygen atoms in total. The van der Waals surface area contributed by atoms with E-state index >= 15 is 0 Å². The van der Waals surface area contributed by atoms with Crippen LogP contribution >= 0.6 is 11.3 Å². The van der Waals surface area contributed by atoms with Crippen molar-refractivity contribution >= 4 is 39.1 Å². The molecule has 0 saturated heterocycles. The molecule has 11 heteroatoms. The molecule has 5 N–H and O–H groups in total. The number of H-pyrrole nitrogens is 1. The van der Waals surface area contributed by atoms with Crippen LogP contribution in [0, 0.1) is 0 Å². The average Bonchev–Trinajstić information content (AvgIpc) is 3.18. The van der Waals surface area contributed by atoms with E-state index in [0.29, 0.717) is 33.8 Å². The highest BCUT2D eigenvalue weighted by atomic mass is 32.2. The van der Waals surface area contributed by atoms with Crippen LogP contribution in [0.3, 0.4) is 0 Å². The van der Waals surface area contributed by atoms with E-state index < -0.39 is 10.0 Å². The summed E-state index contributed by atoms with van der Waals surface area (Å²) in [6.45, 7) is -0.113. The second kappa shape index (κ2) is 7.43. The van der Waals surface area contributed by atoms with Gasteiger partial charge in [0, 0.05) is 36.6 Å². The highest BCUT2D eigenvalue weighted by Gasteiger charge is 2.25. The lowest BCUT2D eigenvalue weighted by Crippen LogP contribution is -2.09. The molecule has 4 rings (SSSR count). The fourth-order valence-corrected chi connectivity index (χ4v) is 4.30. The molecule has 0 unspecified atom stereocenters. The molecule has 156 valence electrons. The van der Waals surface area contributed by atoms with Crippen LogP contribution in [0.25, 0.3) is 16.8 Å². The molecule has 0 aromatic carbocycles. The number of aromatic nitrogens is 4. The maximum absolute atomic E-state index is 11.5. The molecule has 1 fully saturated rings. The van der Waals surface area contributed by atoms with Gasteiger partial charge in [-0.25, -0.2) is 23.5 Å². The number of nitrogens with one attached hydrogen (secondary N) is 2. The van der Waals surface area contributed by atoms with Crippen molar-refractivity contribution in [1.82, 2.24) is 20.2 Å². The number of aliphatic hydroxyl groups is 1. The fraction of sp³-hybridized carbons (Fsp3) is 0.235. The molecule has 28 heavy (non-hydrogen) atoms. The van der Waals surface area contributed by atoms with Crippen LogP contribution in [-0.4, -0.2) is 40.3 Å². The minimum absolute atomic E-state index is 0. The van der Waals surface area contributed by atoms with Crippen molar-refractivity contribution in [1.29, 1.82) is 0 Å². The Morgan fingerprint density at radius 2 is 2.25 bits per heavy atom. The largest absolute Gasteiger partial charge is 0.392 e. The lowest BCUT2D eigenvalue weighted by atomic mass is 10.2. The lowest BCUT2D eigenvalue weighted by molar-refractivity contribution is 0.343. The standard InChI is InChI=1S/C17H18N6O3S2.5H2/c18-28(25,26)15-6-5-13(27-15)17-19-9-11(2-1-7-24)16(21-17)20-14-8-12(22-23-14)10-3-4-10;;;;;/h1-2,5-6,8-10,24H,3-4,7H2,(H2,18,25,26)(H2,19,20,21,22,23);5*1H/b2-1+;;;;;. The lowest BCUT2D eigenvalue weighted by Gasteiger charge is -2.07. The van der Waals surface area contributed by atoms with Crippen LogP contribution in [0.2, 0.25) is 0 Å². The molecule has 0 bridgehead atoms. The molecular weight excluding hydrogens is 400 g/mol. The number of nitrogens with two attached hydrogens (primary N) is 1. The molecule has 3 heterocycles. The summed E-state index contributed by atoms with van der Waals surface area (Å²) in [6.07, 6.45) is 7.20. The molecule has 0 amide bonds. The number of sulfonamides is 1. The van der Waals surface area contributed by atoms with Crippen LogP contribution in [0.4, 0.5) is 11.6 Å². The zero-order valence-electron chi connectivity index (χ0n) is 14.7. The Morgan fingerprint density at radius 1 is 1.43 bits per heavy atom. The third kappa shape index (κ3) is 4.12. The van der Waals surface area contributed by atoms with E-state index in [4.69, 9.17) is 10.2 Å². The Labute approximate surface area is 172 Å². The van der Waals surface area contributed by atoms with Crippen molar-refractivity contribution in [2.24, 2.45) is 5.14 Å². The van der Waals surface area contributed by atoms with Crippen LogP contribution < -0.4 is 10.5 Å². The second-order valence-electron chi connectivity index (χ2n) is 6.35. The molecule has 1 saturated carbocycles. The monoisotopic (exact) mass is 428 g/mol. The van der Waals surface area contributed by atoms with E-state index in [1.165, 1.54) is 6.07 Å². The number of anilines is 2. The first-order valence-corrected chi connectivity index (χ1v) is 10.9. The summed E-state index contributed by atoms with van der Waals surface area (Å²) >= 11 is 1.00. The third-order valence-corrected chi connectivity index (χ3v) is 6.68. The summed E-state index contributed by atoms with van der Waals surface area (Å²) in [4.78, 5) is 9.40. The molecule has 0 atom stereocenters. The van der Waals surface area contributed by atoms with Gasteiger partial charge in [-0.15, -0.1) is 11.3 Å². The smallest absolute Gasteiger partial charge is 0.247 e. The zero-order valence-corrected chi connectivity index (χ0v) is 16.3. The molecule has 0 spiro atoms. The number of hydrogen-bond donors (Lipinski definition) is 4. The van der Waals surface area contributed by atoms with Crippen molar-refractivity contribution < 1.29 is 20.7 Å². The predicted molar refractivity (Wildman–Crippen MR) is 117 cm³/mol. The van der Waals surface area contributed by atoms with Crippen LogP contribution in [0.5, 0.6) is 0 Å². The Bertz CT molecular complexity index is 1150. The SMILES string of the molecule is NS(=O)(=O)c1ccc(-c2ncc(/C=C/CO)c(Nc3cc(C4CC4)[nH]n3)n2)s1.[HH].[HH].[HH].[HH].[HH]. The normalized spacial score (nSPS) is 14.6. The van der Waals surface area contributed by atoms with Gasteiger partial charge in [-0.2, -0.15) is 5.10 Å². The van der Waals surface area contributed by atoms with Gasteiger partial charge in [0.25, 0.3) is 0 Å². The molecule has 0 radical (unpaired) electrons. The Morgan fingerprint density at radius 3 is 2.93 bits per heavy atom. The molecule has 3 aromatic rings. The Balaban J connectivity index is 0. The molecule has 3 aromatic heterocycles.